The molecule has 0 aliphatic carbocycles. The molecule has 1 N–H and O–H groups in total. The highest BCUT2D eigenvalue weighted by atomic mass is 32.2. The highest BCUT2D eigenvalue weighted by Crippen LogP contribution is 2.12. The molecule has 1 aromatic heterocycles. The van der Waals surface area contributed by atoms with Gasteiger partial charge in [0.05, 0.1) is 6.54 Å². The van der Waals surface area contributed by atoms with Gasteiger partial charge in [0, 0.05) is 20.3 Å². The largest absolute Gasteiger partial charge is 0.363 e. The van der Waals surface area contributed by atoms with Crippen LogP contribution in [0, 0.1) is 10.1 Å². The third kappa shape index (κ3) is 4.21. The summed E-state index contributed by atoms with van der Waals surface area (Å²) in [6, 6.07) is 2.11. The highest BCUT2D eigenvalue weighted by molar-refractivity contribution is 7.89. The molecule has 1 heterocycles. The van der Waals surface area contributed by atoms with Crippen molar-refractivity contribution in [2.24, 2.45) is 0 Å². The van der Waals surface area contributed by atoms with Crippen molar-refractivity contribution >= 4 is 15.8 Å². The fourth-order valence-electron chi connectivity index (χ4n) is 1.16. The van der Waals surface area contributed by atoms with Crippen LogP contribution >= 0.6 is 0 Å². The zero-order valence-electron chi connectivity index (χ0n) is 10.3. The molecule has 1 rings (SSSR count). The molecule has 0 unspecified atom stereocenters. The molecule has 106 valence electrons. The summed E-state index contributed by atoms with van der Waals surface area (Å²) in [5, 5.41) is 10.4. The van der Waals surface area contributed by atoms with Gasteiger partial charge in [-0.25, -0.2) is 13.1 Å². The number of rotatable bonds is 7. The van der Waals surface area contributed by atoms with Crippen molar-refractivity contribution in [2.75, 3.05) is 20.8 Å². The van der Waals surface area contributed by atoms with E-state index < -0.39 is 27.1 Å². The second kappa shape index (κ2) is 6.52. The Bertz CT molecular complexity index is 525. The zero-order chi connectivity index (χ0) is 14.5. The molecular formula is C9H13N3O6S. The van der Waals surface area contributed by atoms with Crippen molar-refractivity contribution in [2.45, 2.75) is 11.2 Å². The number of nitro groups is 1. The summed E-state index contributed by atoms with van der Waals surface area (Å²) < 4.78 is 35.5. The Hall–Kier alpha value is -1.62. The van der Waals surface area contributed by atoms with Gasteiger partial charge in [-0.3, -0.25) is 0 Å². The van der Waals surface area contributed by atoms with E-state index in [4.69, 9.17) is 9.47 Å². The van der Waals surface area contributed by atoms with Crippen LogP contribution in [0.2, 0.25) is 0 Å². The van der Waals surface area contributed by atoms with E-state index in [-0.39, 0.29) is 11.4 Å². The lowest BCUT2D eigenvalue weighted by Gasteiger charge is -2.13. The number of methoxy groups -OCH3 is 2. The lowest BCUT2D eigenvalue weighted by molar-refractivity contribution is -0.389. The molecule has 0 saturated carbocycles. The van der Waals surface area contributed by atoms with E-state index in [1.807, 2.05) is 0 Å². The topological polar surface area (TPSA) is 121 Å². The molecule has 19 heavy (non-hydrogen) atoms. The van der Waals surface area contributed by atoms with Crippen LogP contribution in [0.5, 0.6) is 0 Å². The van der Waals surface area contributed by atoms with Gasteiger partial charge >= 0.3 is 5.82 Å². The summed E-state index contributed by atoms with van der Waals surface area (Å²) in [4.78, 5) is 12.9. The van der Waals surface area contributed by atoms with Gasteiger partial charge in [0.2, 0.25) is 10.0 Å². The standard InChI is InChI=1S/C9H13N3O6S/c1-17-9(18-2)6-11-19(15,16)7-3-4-8(10-5-7)12(13)14/h3-5,9,11H,6H2,1-2H3. The van der Waals surface area contributed by atoms with E-state index in [0.29, 0.717) is 0 Å². The van der Waals surface area contributed by atoms with Crippen LogP contribution in [-0.2, 0) is 19.5 Å². The van der Waals surface area contributed by atoms with Crippen molar-refractivity contribution in [1.82, 2.24) is 9.71 Å². The second-order valence-corrected chi connectivity index (χ2v) is 5.13. The minimum absolute atomic E-state index is 0.0910. The number of nitrogens with one attached hydrogen (secondary N) is 1. The minimum Gasteiger partial charge on any atom is -0.358 e. The number of ether oxygens (including phenoxy) is 2. The molecule has 0 fully saturated rings. The summed E-state index contributed by atoms with van der Waals surface area (Å²) >= 11 is 0. The molecule has 0 saturated heterocycles. The average molecular weight is 291 g/mol. The fourth-order valence-corrected chi connectivity index (χ4v) is 2.12. The first-order valence-corrected chi connectivity index (χ1v) is 6.54. The van der Waals surface area contributed by atoms with Crippen LogP contribution in [0.25, 0.3) is 0 Å². The molecule has 0 aliphatic heterocycles. The Morgan fingerprint density at radius 1 is 1.42 bits per heavy atom. The first-order valence-electron chi connectivity index (χ1n) is 5.06. The van der Waals surface area contributed by atoms with Crippen LogP contribution < -0.4 is 4.72 Å². The number of hydrogen-bond acceptors (Lipinski definition) is 7. The smallest absolute Gasteiger partial charge is 0.358 e. The molecule has 0 aromatic carbocycles. The maximum atomic E-state index is 11.8. The molecule has 0 bridgehead atoms. The molecule has 1 aromatic rings. The average Bonchev–Trinajstić information content (AvgIpc) is 2.40. The van der Waals surface area contributed by atoms with E-state index in [9.17, 15) is 18.5 Å². The maximum absolute atomic E-state index is 11.8. The van der Waals surface area contributed by atoms with Crippen molar-refractivity contribution in [3.05, 3.63) is 28.4 Å². The molecular weight excluding hydrogens is 278 g/mol. The van der Waals surface area contributed by atoms with Crippen LogP contribution in [0.3, 0.4) is 0 Å². The van der Waals surface area contributed by atoms with E-state index in [1.165, 1.54) is 14.2 Å². The Balaban J connectivity index is 2.80. The lowest BCUT2D eigenvalue weighted by Crippen LogP contribution is -2.34. The third-order valence-corrected chi connectivity index (χ3v) is 3.59. The van der Waals surface area contributed by atoms with Gasteiger partial charge in [-0.2, -0.15) is 0 Å². The molecule has 0 spiro atoms. The molecule has 0 radical (unpaired) electrons. The van der Waals surface area contributed by atoms with E-state index in [0.717, 1.165) is 18.3 Å². The Kier molecular flexibility index (Phi) is 5.30. The van der Waals surface area contributed by atoms with E-state index in [1.54, 1.807) is 0 Å². The second-order valence-electron chi connectivity index (χ2n) is 3.36. The van der Waals surface area contributed by atoms with Gasteiger partial charge in [-0.1, -0.05) is 0 Å². The predicted octanol–water partition coefficient (Wildman–Crippen LogP) is -0.113. The quantitative estimate of drug-likeness (QED) is 0.422. The fraction of sp³-hybridized carbons (Fsp3) is 0.444. The number of pyridine rings is 1. The lowest BCUT2D eigenvalue weighted by atomic mass is 10.5. The number of aromatic nitrogens is 1. The molecule has 0 aliphatic rings. The number of hydrogen-bond donors (Lipinski definition) is 1. The Morgan fingerprint density at radius 2 is 2.05 bits per heavy atom. The Morgan fingerprint density at radius 3 is 2.47 bits per heavy atom. The third-order valence-electron chi connectivity index (χ3n) is 2.18. The van der Waals surface area contributed by atoms with Crippen LogP contribution in [0.1, 0.15) is 0 Å². The summed E-state index contributed by atoms with van der Waals surface area (Å²) in [6.45, 7) is -0.0910. The van der Waals surface area contributed by atoms with Gasteiger partial charge in [0.25, 0.3) is 0 Å². The first kappa shape index (κ1) is 15.4. The van der Waals surface area contributed by atoms with Gasteiger partial charge in [0.15, 0.2) is 12.5 Å². The van der Waals surface area contributed by atoms with Gasteiger partial charge in [-0.05, 0) is 16.0 Å². The molecule has 9 nitrogen and oxygen atoms in total. The van der Waals surface area contributed by atoms with Crippen molar-refractivity contribution < 1.29 is 22.8 Å². The maximum Gasteiger partial charge on any atom is 0.363 e. The van der Waals surface area contributed by atoms with Crippen molar-refractivity contribution in [3.8, 4) is 0 Å². The van der Waals surface area contributed by atoms with Gasteiger partial charge in [0.1, 0.15) is 4.90 Å². The predicted molar refractivity (Wildman–Crippen MR) is 63.9 cm³/mol. The van der Waals surface area contributed by atoms with Gasteiger partial charge in [-0.15, -0.1) is 0 Å². The zero-order valence-corrected chi connectivity index (χ0v) is 11.1. The summed E-state index contributed by atoms with van der Waals surface area (Å²) in [5.74, 6) is -0.425. The van der Waals surface area contributed by atoms with Gasteiger partial charge < -0.3 is 19.6 Å². The number of sulfonamides is 1. The van der Waals surface area contributed by atoms with Crippen LogP contribution in [0.4, 0.5) is 5.82 Å². The van der Waals surface area contributed by atoms with Crippen LogP contribution in [-0.4, -0.2) is 45.4 Å². The monoisotopic (exact) mass is 291 g/mol. The highest BCUT2D eigenvalue weighted by Gasteiger charge is 2.19. The molecule has 0 atom stereocenters. The minimum atomic E-state index is -3.81. The van der Waals surface area contributed by atoms with Crippen LogP contribution in [0.15, 0.2) is 23.2 Å². The summed E-state index contributed by atoms with van der Waals surface area (Å²) in [7, 11) is -1.07. The van der Waals surface area contributed by atoms with E-state index in [2.05, 4.69) is 9.71 Å². The summed E-state index contributed by atoms with van der Waals surface area (Å²) in [5.41, 5.74) is 0. The SMILES string of the molecule is COC(CNS(=O)(=O)c1ccc([N+](=O)[O-])nc1)OC. The molecule has 0 amide bonds. The summed E-state index contributed by atoms with van der Waals surface area (Å²) in [6.07, 6.45) is 0.190. The van der Waals surface area contributed by atoms with Crippen molar-refractivity contribution in [1.29, 1.82) is 0 Å². The normalized spacial score (nSPS) is 11.7. The Labute approximate surface area is 109 Å². The molecule has 10 heteroatoms. The first-order chi connectivity index (χ1) is 8.90. The number of nitrogens with zero attached hydrogens (tertiary/aromatic N) is 2. The van der Waals surface area contributed by atoms with E-state index >= 15 is 0 Å². The van der Waals surface area contributed by atoms with Crippen molar-refractivity contribution in [3.63, 3.8) is 0 Å².